The number of para-hydroxylation sites is 1. The molecule has 0 fully saturated rings. The van der Waals surface area contributed by atoms with Crippen LogP contribution in [0.1, 0.15) is 22.9 Å². The monoisotopic (exact) mass is 653 g/mol. The summed E-state index contributed by atoms with van der Waals surface area (Å²) in [7, 11) is 0. The smallest absolute Gasteiger partial charge is 0.159 e. The Morgan fingerprint density at radius 2 is 1.02 bits per heavy atom. The van der Waals surface area contributed by atoms with Gasteiger partial charge in [-0.05, 0) is 80.2 Å². The van der Waals surface area contributed by atoms with Crippen LogP contribution in [0.5, 0.6) is 0 Å². The van der Waals surface area contributed by atoms with Crippen molar-refractivity contribution in [3.63, 3.8) is 0 Å². The number of benzene rings is 8. The van der Waals surface area contributed by atoms with Gasteiger partial charge in [-0.1, -0.05) is 140 Å². The van der Waals surface area contributed by atoms with Crippen LogP contribution in [0, 0.1) is 0 Å². The summed E-state index contributed by atoms with van der Waals surface area (Å²) in [4.78, 5) is 10.5. The van der Waals surface area contributed by atoms with E-state index >= 15 is 0 Å². The van der Waals surface area contributed by atoms with Crippen molar-refractivity contribution < 1.29 is 4.42 Å². The minimum atomic E-state index is -0.423. The summed E-state index contributed by atoms with van der Waals surface area (Å²) in [5, 5.41) is 10.6. The van der Waals surface area contributed by atoms with E-state index in [0.29, 0.717) is 5.84 Å². The van der Waals surface area contributed by atoms with E-state index in [1.165, 1.54) is 27.3 Å². The highest BCUT2D eigenvalue weighted by Crippen LogP contribution is 2.39. The van der Waals surface area contributed by atoms with Crippen molar-refractivity contribution in [2.45, 2.75) is 6.17 Å². The fourth-order valence-electron chi connectivity index (χ4n) is 7.31. The molecule has 1 N–H and O–H groups in total. The molecule has 1 atom stereocenters. The number of furan rings is 1. The molecule has 0 bridgehead atoms. The third-order valence-corrected chi connectivity index (χ3v) is 9.88. The average molecular weight is 654 g/mol. The number of hydrogen-bond donors (Lipinski definition) is 1. The van der Waals surface area contributed by atoms with Crippen molar-refractivity contribution in [3.05, 3.63) is 193 Å². The maximum atomic E-state index is 6.54. The molecule has 0 aliphatic carbocycles. The summed E-state index contributed by atoms with van der Waals surface area (Å²) in [6, 6.07) is 61.7. The van der Waals surface area contributed by atoms with Gasteiger partial charge in [-0.15, -0.1) is 0 Å². The molecule has 51 heavy (non-hydrogen) atoms. The van der Waals surface area contributed by atoms with Crippen LogP contribution in [0.2, 0.25) is 0 Å². The molecule has 1 aromatic heterocycles. The van der Waals surface area contributed by atoms with Crippen molar-refractivity contribution >= 4 is 55.2 Å². The first-order valence-corrected chi connectivity index (χ1v) is 17.3. The van der Waals surface area contributed by atoms with Crippen molar-refractivity contribution in [2.24, 2.45) is 9.98 Å². The lowest BCUT2D eigenvalue weighted by molar-refractivity contribution is 0.662. The Morgan fingerprint density at radius 1 is 0.431 bits per heavy atom. The Kier molecular flexibility index (Phi) is 6.85. The van der Waals surface area contributed by atoms with Crippen molar-refractivity contribution in [3.8, 4) is 22.3 Å². The first-order chi connectivity index (χ1) is 25.2. The van der Waals surface area contributed by atoms with Gasteiger partial charge in [-0.3, -0.25) is 0 Å². The van der Waals surface area contributed by atoms with Crippen LogP contribution in [0.3, 0.4) is 0 Å². The summed E-state index contributed by atoms with van der Waals surface area (Å²) in [5.74, 6) is 1.46. The number of aliphatic imine (C=N–C) groups is 2. The van der Waals surface area contributed by atoms with Gasteiger partial charge in [0.05, 0.1) is 0 Å². The van der Waals surface area contributed by atoms with Gasteiger partial charge < -0.3 is 9.73 Å². The highest BCUT2D eigenvalue weighted by molar-refractivity contribution is 6.15. The van der Waals surface area contributed by atoms with Crippen molar-refractivity contribution in [1.82, 2.24) is 5.32 Å². The summed E-state index contributed by atoms with van der Waals surface area (Å²) < 4.78 is 6.54. The molecule has 0 amide bonds. The molecule has 8 aromatic carbocycles. The van der Waals surface area contributed by atoms with Crippen LogP contribution < -0.4 is 5.32 Å². The predicted molar refractivity (Wildman–Crippen MR) is 211 cm³/mol. The second kappa shape index (κ2) is 12.0. The molecule has 1 unspecified atom stereocenters. The Balaban J connectivity index is 1.15. The predicted octanol–water partition coefficient (Wildman–Crippen LogP) is 11.7. The van der Waals surface area contributed by atoms with Gasteiger partial charge in [-0.2, -0.15) is 0 Å². The maximum Gasteiger partial charge on any atom is 0.159 e. The van der Waals surface area contributed by atoms with Crippen LogP contribution >= 0.6 is 0 Å². The van der Waals surface area contributed by atoms with E-state index in [-0.39, 0.29) is 0 Å². The molecule has 0 saturated carbocycles. The van der Waals surface area contributed by atoms with Gasteiger partial charge in [0.15, 0.2) is 5.84 Å². The molecule has 2 heterocycles. The van der Waals surface area contributed by atoms with Gasteiger partial charge in [0.2, 0.25) is 0 Å². The molecule has 240 valence electrons. The highest BCUT2D eigenvalue weighted by atomic mass is 16.3. The zero-order chi connectivity index (χ0) is 33.7. The number of rotatable bonds is 5. The Hall–Kier alpha value is -6.78. The molecule has 1 aliphatic heterocycles. The molecule has 9 aromatic rings. The fourth-order valence-corrected chi connectivity index (χ4v) is 7.31. The molecular formula is C47H31N3O. The average Bonchev–Trinajstić information content (AvgIpc) is 3.59. The SMILES string of the molecule is c1ccc(C2=NC(c3ccc4cc(-c5ccccc5)ccc4c3)=NC(c3cc(-c4ccc5ccccc5c4)cc4oc5ccccc5c34)N2)cc1. The van der Waals surface area contributed by atoms with E-state index in [0.717, 1.165) is 61.0 Å². The topological polar surface area (TPSA) is 49.9 Å². The zero-order valence-electron chi connectivity index (χ0n) is 27.6. The van der Waals surface area contributed by atoms with E-state index in [1.807, 2.05) is 36.4 Å². The lowest BCUT2D eigenvalue weighted by Crippen LogP contribution is -2.33. The van der Waals surface area contributed by atoms with Crippen LogP contribution in [0.25, 0.3) is 65.7 Å². The van der Waals surface area contributed by atoms with E-state index in [4.69, 9.17) is 14.4 Å². The second-order valence-corrected chi connectivity index (χ2v) is 13.1. The van der Waals surface area contributed by atoms with Crippen molar-refractivity contribution in [1.29, 1.82) is 0 Å². The van der Waals surface area contributed by atoms with Crippen LogP contribution in [0.15, 0.2) is 190 Å². The van der Waals surface area contributed by atoms with Crippen LogP contribution in [-0.2, 0) is 0 Å². The molecular weight excluding hydrogens is 623 g/mol. The second-order valence-electron chi connectivity index (χ2n) is 13.1. The first kappa shape index (κ1) is 29.2. The number of amidine groups is 2. The minimum absolute atomic E-state index is 0.423. The van der Waals surface area contributed by atoms with Gasteiger partial charge in [0, 0.05) is 27.5 Å². The summed E-state index contributed by atoms with van der Waals surface area (Å²) >= 11 is 0. The maximum absolute atomic E-state index is 6.54. The first-order valence-electron chi connectivity index (χ1n) is 17.3. The Bertz CT molecular complexity index is 2830. The lowest BCUT2D eigenvalue weighted by atomic mass is 9.95. The number of fused-ring (bicyclic) bond motifs is 5. The third kappa shape index (κ3) is 5.25. The molecule has 4 nitrogen and oxygen atoms in total. The molecule has 0 radical (unpaired) electrons. The summed E-state index contributed by atoms with van der Waals surface area (Å²) in [5.41, 5.74) is 9.29. The van der Waals surface area contributed by atoms with E-state index in [1.54, 1.807) is 0 Å². The highest BCUT2D eigenvalue weighted by Gasteiger charge is 2.26. The Labute approximate surface area is 295 Å². The van der Waals surface area contributed by atoms with E-state index in [2.05, 4.69) is 145 Å². The van der Waals surface area contributed by atoms with E-state index < -0.39 is 6.17 Å². The molecule has 0 saturated heterocycles. The van der Waals surface area contributed by atoms with Crippen LogP contribution in [-0.4, -0.2) is 11.7 Å². The van der Waals surface area contributed by atoms with Gasteiger partial charge >= 0.3 is 0 Å². The van der Waals surface area contributed by atoms with Gasteiger partial charge in [0.1, 0.15) is 23.2 Å². The number of nitrogens with one attached hydrogen (secondary N) is 1. The van der Waals surface area contributed by atoms with Crippen LogP contribution in [0.4, 0.5) is 0 Å². The standard InChI is InChI=1S/C47H31N3O/c1-3-11-30(12-4-1)34-21-22-36-27-38(24-23-35(36)26-34)46-48-45(32-14-5-2-6-15-32)49-47(50-46)41-28-39(37-20-19-31-13-7-8-16-33(31)25-37)29-43-44(41)40-17-9-10-18-42(40)51-43/h1-29,47H,(H,48,49,50). The summed E-state index contributed by atoms with van der Waals surface area (Å²) in [6.07, 6.45) is -0.423. The largest absolute Gasteiger partial charge is 0.456 e. The normalized spacial score (nSPS) is 14.5. The fraction of sp³-hybridized carbons (Fsp3) is 0.0213. The number of hydrogen-bond acceptors (Lipinski definition) is 4. The number of nitrogens with zero attached hydrogens (tertiary/aromatic N) is 2. The minimum Gasteiger partial charge on any atom is -0.456 e. The lowest BCUT2D eigenvalue weighted by Gasteiger charge is -2.25. The molecule has 10 rings (SSSR count). The third-order valence-electron chi connectivity index (χ3n) is 9.88. The quantitative estimate of drug-likeness (QED) is 0.201. The van der Waals surface area contributed by atoms with Crippen molar-refractivity contribution in [2.75, 3.05) is 0 Å². The van der Waals surface area contributed by atoms with E-state index in [9.17, 15) is 0 Å². The molecule has 4 heteroatoms. The van der Waals surface area contributed by atoms with Gasteiger partial charge in [-0.25, -0.2) is 9.98 Å². The summed E-state index contributed by atoms with van der Waals surface area (Å²) in [6.45, 7) is 0. The zero-order valence-corrected chi connectivity index (χ0v) is 27.6. The molecule has 1 aliphatic rings. The molecule has 0 spiro atoms. The van der Waals surface area contributed by atoms with Gasteiger partial charge in [0.25, 0.3) is 0 Å². The Morgan fingerprint density at radius 3 is 1.80 bits per heavy atom.